The van der Waals surface area contributed by atoms with Crippen molar-refractivity contribution in [2.45, 2.75) is 64.5 Å². The Balaban J connectivity index is 1.35. The highest BCUT2D eigenvalue weighted by Gasteiger charge is 2.30. The average Bonchev–Trinajstić information content (AvgIpc) is 3.36. The van der Waals surface area contributed by atoms with E-state index in [0.29, 0.717) is 6.54 Å². The second-order valence-electron chi connectivity index (χ2n) is 9.01. The van der Waals surface area contributed by atoms with Gasteiger partial charge >= 0.3 is 0 Å². The fraction of sp³-hybridized carbons (Fsp3) is 0.542. The van der Waals surface area contributed by atoms with Gasteiger partial charge in [0.25, 0.3) is 0 Å². The molecule has 3 aliphatic rings. The van der Waals surface area contributed by atoms with Crippen molar-refractivity contribution in [1.29, 1.82) is 0 Å². The van der Waals surface area contributed by atoms with Gasteiger partial charge in [0.2, 0.25) is 11.8 Å². The number of benzene rings is 1. The second-order valence-corrected chi connectivity index (χ2v) is 9.01. The zero-order chi connectivity index (χ0) is 20.7. The summed E-state index contributed by atoms with van der Waals surface area (Å²) in [5, 5.41) is 3.32. The van der Waals surface area contributed by atoms with Gasteiger partial charge < -0.3 is 14.8 Å². The Hall–Kier alpha value is -2.63. The molecule has 158 valence electrons. The van der Waals surface area contributed by atoms with Crippen LogP contribution in [-0.4, -0.2) is 39.4 Å². The highest BCUT2D eigenvalue weighted by Crippen LogP contribution is 2.34. The SMILES string of the molecule is CC(=O)N1CCCC(C(=O)N[C@@H]2CCCc3ccc(-c4cn5c(n4)CCC5)cc32)C1. The van der Waals surface area contributed by atoms with E-state index in [1.54, 1.807) is 11.8 Å². The highest BCUT2D eigenvalue weighted by molar-refractivity contribution is 5.81. The van der Waals surface area contributed by atoms with Crippen LogP contribution in [-0.2, 0) is 29.0 Å². The lowest BCUT2D eigenvalue weighted by molar-refractivity contribution is -0.134. The van der Waals surface area contributed by atoms with Gasteiger partial charge in [-0.15, -0.1) is 0 Å². The van der Waals surface area contributed by atoms with Crippen LogP contribution in [0.5, 0.6) is 0 Å². The molecule has 6 nitrogen and oxygen atoms in total. The molecular formula is C24H30N4O2. The largest absolute Gasteiger partial charge is 0.349 e. The zero-order valence-corrected chi connectivity index (χ0v) is 17.7. The van der Waals surface area contributed by atoms with E-state index >= 15 is 0 Å². The Bertz CT molecular complexity index is 958. The Kier molecular flexibility index (Phi) is 5.09. The first-order chi connectivity index (χ1) is 14.6. The molecule has 1 unspecified atom stereocenters. The van der Waals surface area contributed by atoms with Crippen molar-refractivity contribution < 1.29 is 9.59 Å². The molecule has 1 aromatic carbocycles. The van der Waals surface area contributed by atoms with Crippen LogP contribution in [0.3, 0.4) is 0 Å². The van der Waals surface area contributed by atoms with Gasteiger partial charge in [0, 0.05) is 44.7 Å². The Morgan fingerprint density at radius 1 is 1.10 bits per heavy atom. The van der Waals surface area contributed by atoms with Gasteiger partial charge in [-0.1, -0.05) is 12.1 Å². The summed E-state index contributed by atoms with van der Waals surface area (Å²) in [6.07, 6.45) is 9.27. The van der Waals surface area contributed by atoms with Gasteiger partial charge in [0.05, 0.1) is 17.7 Å². The maximum Gasteiger partial charge on any atom is 0.225 e. The minimum absolute atomic E-state index is 0.0448. The number of fused-ring (bicyclic) bond motifs is 2. The number of amides is 2. The normalized spacial score (nSPS) is 23.0. The van der Waals surface area contributed by atoms with Crippen LogP contribution in [0.4, 0.5) is 0 Å². The zero-order valence-electron chi connectivity index (χ0n) is 17.7. The number of aryl methyl sites for hydroxylation is 3. The van der Waals surface area contributed by atoms with Crippen molar-refractivity contribution in [3.05, 3.63) is 41.3 Å². The Morgan fingerprint density at radius 2 is 2.00 bits per heavy atom. The molecule has 1 aliphatic carbocycles. The summed E-state index contributed by atoms with van der Waals surface area (Å²) in [5.74, 6) is 1.23. The lowest BCUT2D eigenvalue weighted by Gasteiger charge is -2.33. The summed E-state index contributed by atoms with van der Waals surface area (Å²) in [5.41, 5.74) is 4.74. The van der Waals surface area contributed by atoms with Crippen LogP contribution >= 0.6 is 0 Å². The molecule has 2 aliphatic heterocycles. The van der Waals surface area contributed by atoms with Gasteiger partial charge in [0.1, 0.15) is 5.82 Å². The van der Waals surface area contributed by atoms with Gasteiger partial charge in [-0.25, -0.2) is 4.98 Å². The molecule has 1 N–H and O–H groups in total. The van der Waals surface area contributed by atoms with E-state index in [4.69, 9.17) is 4.98 Å². The maximum absolute atomic E-state index is 13.0. The van der Waals surface area contributed by atoms with Crippen LogP contribution < -0.4 is 5.32 Å². The fourth-order valence-electron chi connectivity index (χ4n) is 5.27. The molecule has 1 aromatic heterocycles. The van der Waals surface area contributed by atoms with E-state index in [9.17, 15) is 9.59 Å². The summed E-state index contributed by atoms with van der Waals surface area (Å²) in [7, 11) is 0. The number of carbonyl (C=O) groups excluding carboxylic acids is 2. The number of aromatic nitrogens is 2. The van der Waals surface area contributed by atoms with Crippen molar-refractivity contribution in [3.63, 3.8) is 0 Å². The molecule has 0 spiro atoms. The first-order valence-corrected chi connectivity index (χ1v) is 11.3. The van der Waals surface area contributed by atoms with Gasteiger partial charge in [-0.3, -0.25) is 9.59 Å². The van der Waals surface area contributed by atoms with Gasteiger partial charge in [0.15, 0.2) is 0 Å². The molecule has 2 atom stereocenters. The number of nitrogens with one attached hydrogen (secondary N) is 1. The molecule has 2 aromatic rings. The minimum Gasteiger partial charge on any atom is -0.349 e. The Labute approximate surface area is 177 Å². The molecule has 3 heterocycles. The first kappa shape index (κ1) is 19.3. The summed E-state index contributed by atoms with van der Waals surface area (Å²) in [6, 6.07) is 6.67. The van der Waals surface area contributed by atoms with Crippen LogP contribution in [0.15, 0.2) is 24.4 Å². The molecule has 6 heteroatoms. The molecular weight excluding hydrogens is 376 g/mol. The van der Waals surface area contributed by atoms with E-state index in [2.05, 4.69) is 34.3 Å². The topological polar surface area (TPSA) is 67.2 Å². The van der Waals surface area contributed by atoms with E-state index in [1.165, 1.54) is 23.4 Å². The number of hydrogen-bond acceptors (Lipinski definition) is 3. The number of rotatable bonds is 3. The summed E-state index contributed by atoms with van der Waals surface area (Å²) >= 11 is 0. The van der Waals surface area contributed by atoms with E-state index in [-0.39, 0.29) is 23.8 Å². The number of nitrogens with zero attached hydrogens (tertiary/aromatic N) is 3. The number of likely N-dealkylation sites (tertiary alicyclic amines) is 1. The second kappa shape index (κ2) is 7.89. The molecule has 0 bridgehead atoms. The third kappa shape index (κ3) is 3.64. The quantitative estimate of drug-likeness (QED) is 0.851. The first-order valence-electron chi connectivity index (χ1n) is 11.3. The predicted molar refractivity (Wildman–Crippen MR) is 115 cm³/mol. The van der Waals surface area contributed by atoms with Crippen molar-refractivity contribution >= 4 is 11.8 Å². The number of hydrogen-bond donors (Lipinski definition) is 1. The monoisotopic (exact) mass is 406 g/mol. The van der Waals surface area contributed by atoms with Crippen molar-refractivity contribution in [3.8, 4) is 11.3 Å². The smallest absolute Gasteiger partial charge is 0.225 e. The molecule has 1 fully saturated rings. The van der Waals surface area contributed by atoms with E-state index in [1.807, 2.05) is 0 Å². The van der Waals surface area contributed by atoms with Crippen LogP contribution in [0.2, 0.25) is 0 Å². The molecule has 2 amide bonds. The van der Waals surface area contributed by atoms with Crippen molar-refractivity contribution in [2.75, 3.05) is 13.1 Å². The summed E-state index contributed by atoms with van der Waals surface area (Å²) in [6.45, 7) is 3.96. The van der Waals surface area contributed by atoms with E-state index in [0.717, 1.165) is 62.9 Å². The summed E-state index contributed by atoms with van der Waals surface area (Å²) < 4.78 is 2.26. The van der Waals surface area contributed by atoms with Gasteiger partial charge in [-0.2, -0.15) is 0 Å². The van der Waals surface area contributed by atoms with Crippen LogP contribution in [0, 0.1) is 5.92 Å². The number of imidazole rings is 1. The highest BCUT2D eigenvalue weighted by atomic mass is 16.2. The minimum atomic E-state index is -0.104. The average molecular weight is 407 g/mol. The van der Waals surface area contributed by atoms with Crippen molar-refractivity contribution in [1.82, 2.24) is 19.8 Å². The lowest BCUT2D eigenvalue weighted by Crippen LogP contribution is -2.45. The lowest BCUT2D eigenvalue weighted by atomic mass is 9.85. The third-order valence-electron chi connectivity index (χ3n) is 6.97. The standard InChI is InChI=1S/C24H30N4O2/c1-16(29)27-11-3-6-19(14-27)24(30)26-21-7-2-5-17-9-10-18(13-20(17)21)22-15-28-12-4-8-23(28)25-22/h9-10,13,15,19,21H,2-8,11-12,14H2,1H3,(H,26,30)/t19?,21-/m1/s1. The number of carbonyl (C=O) groups is 2. The van der Waals surface area contributed by atoms with E-state index < -0.39 is 0 Å². The predicted octanol–water partition coefficient (Wildman–Crippen LogP) is 3.25. The summed E-state index contributed by atoms with van der Waals surface area (Å²) in [4.78, 5) is 31.4. The molecule has 30 heavy (non-hydrogen) atoms. The molecule has 1 saturated heterocycles. The fourth-order valence-corrected chi connectivity index (χ4v) is 5.27. The molecule has 0 saturated carbocycles. The van der Waals surface area contributed by atoms with Gasteiger partial charge in [-0.05, 0) is 55.7 Å². The van der Waals surface area contributed by atoms with Crippen molar-refractivity contribution in [2.24, 2.45) is 5.92 Å². The maximum atomic E-state index is 13.0. The number of piperidine rings is 1. The van der Waals surface area contributed by atoms with Crippen LogP contribution in [0.1, 0.15) is 62.0 Å². The molecule has 0 radical (unpaired) electrons. The molecule has 5 rings (SSSR count). The Morgan fingerprint density at radius 3 is 2.83 bits per heavy atom. The third-order valence-corrected chi connectivity index (χ3v) is 6.97. The van der Waals surface area contributed by atoms with Crippen LogP contribution in [0.25, 0.3) is 11.3 Å².